The van der Waals surface area contributed by atoms with E-state index in [-0.39, 0.29) is 6.10 Å². The summed E-state index contributed by atoms with van der Waals surface area (Å²) in [5.41, 5.74) is -0.551. The second-order valence-corrected chi connectivity index (χ2v) is 4.99. The molecule has 2 nitrogen and oxygen atoms in total. The van der Waals surface area contributed by atoms with Crippen LogP contribution < -0.4 is 0 Å². The lowest BCUT2D eigenvalue weighted by Gasteiger charge is -2.27. The highest BCUT2D eigenvalue weighted by Gasteiger charge is 2.23. The fourth-order valence-corrected chi connectivity index (χ4v) is 2.08. The smallest absolute Gasteiger partial charge is 0.0622 e. The van der Waals surface area contributed by atoms with Gasteiger partial charge in [-0.05, 0) is 39.0 Å². The van der Waals surface area contributed by atoms with Crippen LogP contribution in [0.1, 0.15) is 59.8 Å². The van der Waals surface area contributed by atoms with Crippen molar-refractivity contribution in [1.29, 1.82) is 0 Å². The molecule has 0 rings (SSSR count). The van der Waals surface area contributed by atoms with Gasteiger partial charge in [0.15, 0.2) is 0 Å². The van der Waals surface area contributed by atoms with Crippen LogP contribution in [0.15, 0.2) is 0 Å². The van der Waals surface area contributed by atoms with Crippen molar-refractivity contribution in [2.75, 3.05) is 0 Å². The van der Waals surface area contributed by atoms with Gasteiger partial charge in [0.05, 0.1) is 11.7 Å². The first-order chi connectivity index (χ1) is 6.37. The van der Waals surface area contributed by atoms with E-state index in [9.17, 15) is 10.2 Å². The molecule has 0 spiro atoms. The number of aliphatic hydroxyl groups is 2. The maximum Gasteiger partial charge on any atom is 0.0622 e. The molecule has 0 fully saturated rings. The average molecular weight is 202 g/mol. The monoisotopic (exact) mass is 202 g/mol. The van der Waals surface area contributed by atoms with Crippen molar-refractivity contribution >= 4 is 0 Å². The highest BCUT2D eigenvalue weighted by Crippen LogP contribution is 2.24. The van der Waals surface area contributed by atoms with Gasteiger partial charge in [-0.25, -0.2) is 0 Å². The minimum Gasteiger partial charge on any atom is -0.393 e. The molecular formula is C12H26O2. The molecule has 3 unspecified atom stereocenters. The molecular weight excluding hydrogens is 176 g/mol. The molecule has 0 aliphatic rings. The van der Waals surface area contributed by atoms with Crippen LogP contribution in [0.4, 0.5) is 0 Å². The summed E-state index contributed by atoms with van der Waals surface area (Å²) in [5, 5.41) is 19.3. The lowest BCUT2D eigenvalue weighted by Crippen LogP contribution is -2.27. The van der Waals surface area contributed by atoms with Gasteiger partial charge in [-0.2, -0.15) is 0 Å². The second-order valence-electron chi connectivity index (χ2n) is 4.99. The minimum atomic E-state index is -0.551. The van der Waals surface area contributed by atoms with E-state index in [4.69, 9.17) is 0 Å². The molecule has 0 aromatic carbocycles. The van der Waals surface area contributed by atoms with Gasteiger partial charge in [0.2, 0.25) is 0 Å². The van der Waals surface area contributed by atoms with Gasteiger partial charge in [0.1, 0.15) is 0 Å². The quantitative estimate of drug-likeness (QED) is 0.666. The Balaban J connectivity index is 3.82. The highest BCUT2D eigenvalue weighted by atomic mass is 16.3. The van der Waals surface area contributed by atoms with Crippen molar-refractivity contribution in [1.82, 2.24) is 0 Å². The van der Waals surface area contributed by atoms with Gasteiger partial charge >= 0.3 is 0 Å². The Bertz CT molecular complexity index is 141. The number of unbranched alkanes of at least 4 members (excludes halogenated alkanes) is 1. The molecule has 0 bridgehead atoms. The lowest BCUT2D eigenvalue weighted by atomic mass is 9.86. The molecule has 0 aliphatic carbocycles. The normalized spacial score (nSPS) is 20.1. The molecule has 2 heteroatoms. The Morgan fingerprint density at radius 2 is 1.86 bits per heavy atom. The Labute approximate surface area is 88.3 Å². The third-order valence-corrected chi connectivity index (χ3v) is 2.60. The molecule has 3 atom stereocenters. The number of aliphatic hydroxyl groups excluding tert-OH is 1. The molecule has 14 heavy (non-hydrogen) atoms. The van der Waals surface area contributed by atoms with E-state index < -0.39 is 5.60 Å². The van der Waals surface area contributed by atoms with E-state index in [1.54, 1.807) is 6.92 Å². The van der Waals surface area contributed by atoms with Crippen LogP contribution in [0.2, 0.25) is 0 Å². The van der Waals surface area contributed by atoms with Crippen molar-refractivity contribution in [3.8, 4) is 0 Å². The van der Waals surface area contributed by atoms with Crippen molar-refractivity contribution in [3.63, 3.8) is 0 Å². The van der Waals surface area contributed by atoms with Crippen molar-refractivity contribution in [3.05, 3.63) is 0 Å². The van der Waals surface area contributed by atoms with E-state index in [1.807, 2.05) is 6.92 Å². The van der Waals surface area contributed by atoms with Crippen LogP contribution in [0.5, 0.6) is 0 Å². The number of hydrogen-bond acceptors (Lipinski definition) is 2. The van der Waals surface area contributed by atoms with Crippen LogP contribution in [0.3, 0.4) is 0 Å². The maximum atomic E-state index is 10.0. The van der Waals surface area contributed by atoms with Crippen LogP contribution in [-0.4, -0.2) is 21.9 Å². The lowest BCUT2D eigenvalue weighted by molar-refractivity contribution is 0.0185. The van der Waals surface area contributed by atoms with Gasteiger partial charge < -0.3 is 10.2 Å². The zero-order valence-electron chi connectivity index (χ0n) is 10.1. The Kier molecular flexibility index (Phi) is 6.38. The summed E-state index contributed by atoms with van der Waals surface area (Å²) in [4.78, 5) is 0. The van der Waals surface area contributed by atoms with Crippen molar-refractivity contribution in [2.45, 2.75) is 71.5 Å². The average Bonchev–Trinajstić information content (AvgIpc) is 1.98. The summed E-state index contributed by atoms with van der Waals surface area (Å²) in [6.07, 6.45) is 4.38. The molecule has 0 heterocycles. The summed E-state index contributed by atoms with van der Waals surface area (Å²) < 4.78 is 0. The molecule has 0 saturated carbocycles. The van der Waals surface area contributed by atoms with Gasteiger partial charge in [-0.15, -0.1) is 0 Å². The third kappa shape index (κ3) is 7.34. The Morgan fingerprint density at radius 3 is 2.29 bits per heavy atom. The summed E-state index contributed by atoms with van der Waals surface area (Å²) in [7, 11) is 0. The standard InChI is InChI=1S/C12H26O2/c1-5-6-7-12(4,14)9-10(2)8-11(3)13/h10-11,13-14H,5-9H2,1-4H3. The fraction of sp³-hybridized carbons (Fsp3) is 1.00. The summed E-state index contributed by atoms with van der Waals surface area (Å²) in [5.74, 6) is 0.391. The van der Waals surface area contributed by atoms with Gasteiger partial charge in [-0.3, -0.25) is 0 Å². The van der Waals surface area contributed by atoms with Gasteiger partial charge in [0, 0.05) is 0 Å². The van der Waals surface area contributed by atoms with Crippen LogP contribution in [0, 0.1) is 5.92 Å². The largest absolute Gasteiger partial charge is 0.393 e. The zero-order chi connectivity index (χ0) is 11.2. The van der Waals surface area contributed by atoms with E-state index in [0.717, 1.165) is 32.1 Å². The summed E-state index contributed by atoms with van der Waals surface area (Å²) in [6.45, 7) is 7.93. The molecule has 0 saturated heterocycles. The van der Waals surface area contributed by atoms with E-state index in [1.165, 1.54) is 0 Å². The Morgan fingerprint density at radius 1 is 1.29 bits per heavy atom. The topological polar surface area (TPSA) is 40.5 Å². The molecule has 0 amide bonds. The van der Waals surface area contributed by atoms with Crippen molar-refractivity contribution < 1.29 is 10.2 Å². The first-order valence-corrected chi connectivity index (χ1v) is 5.78. The molecule has 0 aromatic rings. The minimum absolute atomic E-state index is 0.257. The van der Waals surface area contributed by atoms with Gasteiger partial charge in [0.25, 0.3) is 0 Å². The number of rotatable bonds is 7. The maximum absolute atomic E-state index is 10.0. The highest BCUT2D eigenvalue weighted by molar-refractivity contribution is 4.75. The van der Waals surface area contributed by atoms with Gasteiger partial charge in [-0.1, -0.05) is 26.7 Å². The predicted molar refractivity (Wildman–Crippen MR) is 60.2 cm³/mol. The van der Waals surface area contributed by atoms with Crippen LogP contribution in [-0.2, 0) is 0 Å². The van der Waals surface area contributed by atoms with Crippen molar-refractivity contribution in [2.24, 2.45) is 5.92 Å². The zero-order valence-corrected chi connectivity index (χ0v) is 10.1. The second kappa shape index (κ2) is 6.41. The predicted octanol–water partition coefficient (Wildman–Crippen LogP) is 2.72. The van der Waals surface area contributed by atoms with Crippen LogP contribution in [0.25, 0.3) is 0 Å². The third-order valence-electron chi connectivity index (χ3n) is 2.60. The molecule has 0 radical (unpaired) electrons. The van der Waals surface area contributed by atoms with Crippen LogP contribution >= 0.6 is 0 Å². The summed E-state index contributed by atoms with van der Waals surface area (Å²) in [6, 6.07) is 0. The Hall–Kier alpha value is -0.0800. The fourth-order valence-electron chi connectivity index (χ4n) is 2.08. The molecule has 0 aliphatic heterocycles. The number of hydrogen-bond donors (Lipinski definition) is 2. The molecule has 2 N–H and O–H groups in total. The summed E-state index contributed by atoms with van der Waals surface area (Å²) >= 11 is 0. The first kappa shape index (κ1) is 13.9. The van der Waals surface area contributed by atoms with E-state index >= 15 is 0 Å². The SMILES string of the molecule is CCCCC(C)(O)CC(C)CC(C)O. The van der Waals surface area contributed by atoms with E-state index in [0.29, 0.717) is 5.92 Å². The van der Waals surface area contributed by atoms with E-state index in [2.05, 4.69) is 13.8 Å². The molecule has 0 aromatic heterocycles. The molecule has 86 valence electrons. The first-order valence-electron chi connectivity index (χ1n) is 5.78.